The Balaban J connectivity index is 1.56. The lowest BCUT2D eigenvalue weighted by Gasteiger charge is -2.21. The van der Waals surface area contributed by atoms with E-state index in [1.54, 1.807) is 7.11 Å². The minimum absolute atomic E-state index is 0.340. The van der Waals surface area contributed by atoms with E-state index in [0.29, 0.717) is 12.6 Å². The van der Waals surface area contributed by atoms with Crippen LogP contribution >= 0.6 is 0 Å². The Labute approximate surface area is 136 Å². The summed E-state index contributed by atoms with van der Waals surface area (Å²) in [6, 6.07) is 6.26. The van der Waals surface area contributed by atoms with Crippen molar-refractivity contribution >= 4 is 6.08 Å². The summed E-state index contributed by atoms with van der Waals surface area (Å²) in [5, 5.41) is 7.85. The predicted molar refractivity (Wildman–Crippen MR) is 90.9 cm³/mol. The molecule has 1 aliphatic rings. The highest BCUT2D eigenvalue weighted by Gasteiger charge is 2.13. The topological polar surface area (TPSA) is 48.3 Å². The van der Waals surface area contributed by atoms with Crippen LogP contribution in [0.1, 0.15) is 18.1 Å². The summed E-state index contributed by atoms with van der Waals surface area (Å²) < 4.78 is 13.0. The number of rotatable bonds is 6. The second kappa shape index (κ2) is 6.87. The fourth-order valence-corrected chi connectivity index (χ4v) is 2.64. The van der Waals surface area contributed by atoms with Crippen LogP contribution in [0.3, 0.4) is 0 Å². The minimum Gasteiger partial charge on any atom is -0.497 e. The zero-order valence-corrected chi connectivity index (χ0v) is 13.9. The molecule has 1 aromatic heterocycles. The largest absolute Gasteiger partial charge is 0.497 e. The molecule has 0 saturated carbocycles. The SMILES string of the molecule is COc1ccc2c(c1)OCC(CN[C@@H](C)Cn1cc(C)cn1)=C2. The molecule has 0 saturated heterocycles. The molecule has 1 atom stereocenters. The third-order valence-corrected chi connectivity index (χ3v) is 3.89. The van der Waals surface area contributed by atoms with Crippen molar-refractivity contribution in [2.75, 3.05) is 20.3 Å². The summed E-state index contributed by atoms with van der Waals surface area (Å²) in [6.45, 7) is 6.50. The maximum atomic E-state index is 5.83. The van der Waals surface area contributed by atoms with Crippen molar-refractivity contribution in [3.8, 4) is 11.5 Å². The van der Waals surface area contributed by atoms with E-state index >= 15 is 0 Å². The smallest absolute Gasteiger partial charge is 0.130 e. The van der Waals surface area contributed by atoms with Crippen molar-refractivity contribution in [1.82, 2.24) is 15.1 Å². The molecule has 2 aromatic rings. The van der Waals surface area contributed by atoms with E-state index < -0.39 is 0 Å². The van der Waals surface area contributed by atoms with Gasteiger partial charge in [-0.25, -0.2) is 0 Å². The van der Waals surface area contributed by atoms with Crippen LogP contribution in [0.5, 0.6) is 11.5 Å². The summed E-state index contributed by atoms with van der Waals surface area (Å²) in [5.41, 5.74) is 3.53. The summed E-state index contributed by atoms with van der Waals surface area (Å²) >= 11 is 0. The first-order valence-electron chi connectivity index (χ1n) is 7.87. The molecule has 1 N–H and O–H groups in total. The second-order valence-electron chi connectivity index (χ2n) is 6.02. The predicted octanol–water partition coefficient (Wildman–Crippen LogP) is 2.65. The lowest BCUT2D eigenvalue weighted by Crippen LogP contribution is -2.33. The Morgan fingerprint density at radius 2 is 2.30 bits per heavy atom. The number of benzene rings is 1. The molecule has 0 amide bonds. The van der Waals surface area contributed by atoms with Gasteiger partial charge in [0.2, 0.25) is 0 Å². The normalized spacial score (nSPS) is 14.7. The Hall–Kier alpha value is -2.27. The van der Waals surface area contributed by atoms with E-state index in [2.05, 4.69) is 36.5 Å². The number of nitrogens with one attached hydrogen (secondary N) is 1. The number of fused-ring (bicyclic) bond motifs is 1. The summed E-state index contributed by atoms with van der Waals surface area (Å²) in [6.07, 6.45) is 6.14. The Kier molecular flexibility index (Phi) is 4.67. The van der Waals surface area contributed by atoms with Gasteiger partial charge in [0.25, 0.3) is 0 Å². The molecule has 1 aliphatic heterocycles. The quantitative estimate of drug-likeness (QED) is 0.891. The fourth-order valence-electron chi connectivity index (χ4n) is 2.64. The number of hydrogen-bond donors (Lipinski definition) is 1. The molecular weight excluding hydrogens is 290 g/mol. The first kappa shape index (κ1) is 15.6. The molecule has 23 heavy (non-hydrogen) atoms. The van der Waals surface area contributed by atoms with Crippen LogP contribution in [-0.2, 0) is 6.54 Å². The first-order valence-corrected chi connectivity index (χ1v) is 7.87. The lowest BCUT2D eigenvalue weighted by atomic mass is 10.1. The Morgan fingerprint density at radius 1 is 1.43 bits per heavy atom. The van der Waals surface area contributed by atoms with E-state index in [1.807, 2.05) is 29.1 Å². The summed E-state index contributed by atoms with van der Waals surface area (Å²) in [7, 11) is 1.66. The van der Waals surface area contributed by atoms with Crippen molar-refractivity contribution in [2.45, 2.75) is 26.4 Å². The molecule has 0 spiro atoms. The van der Waals surface area contributed by atoms with Crippen molar-refractivity contribution in [2.24, 2.45) is 0 Å². The van der Waals surface area contributed by atoms with Gasteiger partial charge >= 0.3 is 0 Å². The van der Waals surface area contributed by atoms with Gasteiger partial charge in [0.05, 0.1) is 19.9 Å². The minimum atomic E-state index is 0.340. The van der Waals surface area contributed by atoms with Gasteiger partial charge in [-0.15, -0.1) is 0 Å². The van der Waals surface area contributed by atoms with Crippen molar-refractivity contribution in [1.29, 1.82) is 0 Å². The van der Waals surface area contributed by atoms with Crippen LogP contribution in [0.25, 0.3) is 6.08 Å². The lowest BCUT2D eigenvalue weighted by molar-refractivity contribution is 0.335. The number of aryl methyl sites for hydroxylation is 1. The molecule has 0 bridgehead atoms. The molecule has 0 unspecified atom stereocenters. The van der Waals surface area contributed by atoms with Crippen molar-refractivity contribution in [3.63, 3.8) is 0 Å². The molecule has 1 aromatic carbocycles. The van der Waals surface area contributed by atoms with Gasteiger partial charge in [-0.2, -0.15) is 5.10 Å². The van der Waals surface area contributed by atoms with E-state index in [-0.39, 0.29) is 0 Å². The molecule has 5 nitrogen and oxygen atoms in total. The maximum Gasteiger partial charge on any atom is 0.130 e. The van der Waals surface area contributed by atoms with Crippen LogP contribution in [0.4, 0.5) is 0 Å². The van der Waals surface area contributed by atoms with Gasteiger partial charge in [-0.1, -0.05) is 0 Å². The summed E-state index contributed by atoms with van der Waals surface area (Å²) in [4.78, 5) is 0. The fraction of sp³-hybridized carbons (Fsp3) is 0.389. The maximum absolute atomic E-state index is 5.83. The molecule has 0 fully saturated rings. The molecule has 2 heterocycles. The van der Waals surface area contributed by atoms with Crippen LogP contribution in [0.15, 0.2) is 36.2 Å². The molecule has 122 valence electrons. The number of aromatic nitrogens is 2. The monoisotopic (exact) mass is 313 g/mol. The van der Waals surface area contributed by atoms with E-state index in [1.165, 1.54) is 11.1 Å². The van der Waals surface area contributed by atoms with Crippen LogP contribution in [-0.4, -0.2) is 36.1 Å². The first-order chi connectivity index (χ1) is 11.1. The van der Waals surface area contributed by atoms with Gasteiger partial charge in [0, 0.05) is 30.4 Å². The van der Waals surface area contributed by atoms with E-state index in [0.717, 1.165) is 30.2 Å². The Morgan fingerprint density at radius 3 is 3.04 bits per heavy atom. The third-order valence-electron chi connectivity index (χ3n) is 3.89. The number of ether oxygens (including phenoxy) is 2. The number of hydrogen-bond acceptors (Lipinski definition) is 4. The zero-order chi connectivity index (χ0) is 16.2. The number of nitrogens with zero attached hydrogens (tertiary/aromatic N) is 2. The van der Waals surface area contributed by atoms with Gasteiger partial charge in [-0.3, -0.25) is 4.68 Å². The highest BCUT2D eigenvalue weighted by Crippen LogP contribution is 2.30. The second-order valence-corrected chi connectivity index (χ2v) is 6.02. The van der Waals surface area contributed by atoms with Gasteiger partial charge < -0.3 is 14.8 Å². The van der Waals surface area contributed by atoms with Gasteiger partial charge in [0.1, 0.15) is 18.1 Å². The standard InChI is InChI=1S/C18H23N3O2/c1-13-8-20-21(10-13)11-14(2)19-9-15-6-16-4-5-17(22-3)7-18(16)23-12-15/h4-8,10,14,19H,9,11-12H2,1-3H3/t14-/m0/s1. The van der Waals surface area contributed by atoms with E-state index in [4.69, 9.17) is 9.47 Å². The van der Waals surface area contributed by atoms with Crippen LogP contribution in [0.2, 0.25) is 0 Å². The average molecular weight is 313 g/mol. The van der Waals surface area contributed by atoms with Crippen molar-refractivity contribution in [3.05, 3.63) is 47.3 Å². The molecule has 0 aliphatic carbocycles. The van der Waals surface area contributed by atoms with Gasteiger partial charge in [-0.05, 0) is 43.2 Å². The van der Waals surface area contributed by atoms with Crippen molar-refractivity contribution < 1.29 is 9.47 Å². The highest BCUT2D eigenvalue weighted by molar-refractivity contribution is 5.63. The van der Waals surface area contributed by atoms with Crippen LogP contribution < -0.4 is 14.8 Å². The number of methoxy groups -OCH3 is 1. The molecule has 5 heteroatoms. The van der Waals surface area contributed by atoms with E-state index in [9.17, 15) is 0 Å². The van der Waals surface area contributed by atoms with Gasteiger partial charge in [0.15, 0.2) is 0 Å². The highest BCUT2D eigenvalue weighted by atomic mass is 16.5. The molecular formula is C18H23N3O2. The average Bonchev–Trinajstić information content (AvgIpc) is 2.97. The third kappa shape index (κ3) is 3.93. The summed E-state index contributed by atoms with van der Waals surface area (Å²) in [5.74, 6) is 1.70. The zero-order valence-electron chi connectivity index (χ0n) is 13.9. The Bertz CT molecular complexity index is 706. The molecule has 3 rings (SSSR count). The van der Waals surface area contributed by atoms with Crippen LogP contribution in [0, 0.1) is 6.92 Å². The molecule has 0 radical (unpaired) electrons.